The molecule has 140 valence electrons. The zero-order chi connectivity index (χ0) is 18.8. The number of anilines is 2. The van der Waals surface area contributed by atoms with Crippen molar-refractivity contribution < 1.29 is 9.13 Å². The van der Waals surface area contributed by atoms with Crippen molar-refractivity contribution in [1.29, 1.82) is 0 Å². The summed E-state index contributed by atoms with van der Waals surface area (Å²) in [5, 5.41) is 4.14. The van der Waals surface area contributed by atoms with Crippen LogP contribution in [0.3, 0.4) is 0 Å². The Morgan fingerprint density at radius 2 is 1.89 bits per heavy atom. The number of nitrogens with two attached hydrogens (primary N) is 1. The van der Waals surface area contributed by atoms with E-state index >= 15 is 0 Å². The van der Waals surface area contributed by atoms with Gasteiger partial charge >= 0.3 is 0 Å². The van der Waals surface area contributed by atoms with Gasteiger partial charge in [-0.1, -0.05) is 6.07 Å². The van der Waals surface area contributed by atoms with Crippen molar-refractivity contribution in [1.82, 2.24) is 15.0 Å². The van der Waals surface area contributed by atoms with E-state index in [1.165, 1.54) is 12.4 Å². The topological polar surface area (TPSA) is 86.0 Å². The summed E-state index contributed by atoms with van der Waals surface area (Å²) in [6.07, 6.45) is 6.16. The third-order valence-corrected chi connectivity index (χ3v) is 4.88. The molecule has 1 aliphatic rings. The van der Waals surface area contributed by atoms with Gasteiger partial charge in [0.1, 0.15) is 5.75 Å². The minimum absolute atomic E-state index is 0.128. The smallest absolute Gasteiger partial charge is 0.222 e. The molecule has 0 amide bonds. The Morgan fingerprint density at radius 1 is 1.15 bits per heavy atom. The number of nitrogens with one attached hydrogen (secondary N) is 1. The van der Waals surface area contributed by atoms with Crippen molar-refractivity contribution in [3.63, 3.8) is 0 Å². The predicted molar refractivity (Wildman–Crippen MR) is 103 cm³/mol. The van der Waals surface area contributed by atoms with Gasteiger partial charge in [0.25, 0.3) is 0 Å². The number of fused-ring (bicyclic) bond motifs is 1. The second-order valence-corrected chi connectivity index (χ2v) is 6.96. The maximum absolute atomic E-state index is 12.9. The first-order valence-corrected chi connectivity index (χ1v) is 9.15. The van der Waals surface area contributed by atoms with Gasteiger partial charge in [0.15, 0.2) is 5.82 Å². The highest BCUT2D eigenvalue weighted by atomic mass is 19.1. The molecule has 1 aromatic carbocycles. The van der Waals surface area contributed by atoms with Crippen LogP contribution in [0.4, 0.5) is 16.0 Å². The lowest BCUT2D eigenvalue weighted by atomic mass is 9.93. The molecule has 0 radical (unpaired) electrons. The normalized spacial score (nSPS) is 19.8. The maximum Gasteiger partial charge on any atom is 0.222 e. The number of halogens is 1. The van der Waals surface area contributed by atoms with Crippen molar-refractivity contribution in [2.75, 3.05) is 11.1 Å². The lowest BCUT2D eigenvalue weighted by Crippen LogP contribution is -2.31. The molecule has 1 fully saturated rings. The van der Waals surface area contributed by atoms with Crippen LogP contribution in [0.2, 0.25) is 0 Å². The van der Waals surface area contributed by atoms with Crippen molar-refractivity contribution in [2.45, 2.75) is 44.8 Å². The van der Waals surface area contributed by atoms with E-state index in [2.05, 4.69) is 20.3 Å². The summed E-state index contributed by atoms with van der Waals surface area (Å²) >= 11 is 0. The molecule has 4 rings (SSSR count). The molecule has 2 heterocycles. The van der Waals surface area contributed by atoms with E-state index in [9.17, 15) is 4.39 Å². The van der Waals surface area contributed by atoms with E-state index in [1.54, 1.807) is 0 Å². The first-order chi connectivity index (χ1) is 13.1. The van der Waals surface area contributed by atoms with Crippen LogP contribution in [0.5, 0.6) is 5.75 Å². The fraction of sp³-hybridized carbons (Fsp3) is 0.350. The highest BCUT2D eigenvalue weighted by Gasteiger charge is 2.23. The molecule has 2 aromatic heterocycles. The average molecular weight is 367 g/mol. The molecular formula is C20H22FN5O. The molecule has 27 heavy (non-hydrogen) atoms. The van der Waals surface area contributed by atoms with Crippen molar-refractivity contribution in [3.8, 4) is 5.75 Å². The molecule has 0 saturated heterocycles. The van der Waals surface area contributed by atoms with Gasteiger partial charge in [-0.3, -0.25) is 4.98 Å². The van der Waals surface area contributed by atoms with Gasteiger partial charge in [-0.05, 0) is 50.8 Å². The zero-order valence-electron chi connectivity index (χ0n) is 15.2. The zero-order valence-corrected chi connectivity index (χ0v) is 15.2. The fourth-order valence-corrected chi connectivity index (χ4v) is 3.59. The largest absolute Gasteiger partial charge is 0.490 e. The van der Waals surface area contributed by atoms with Crippen LogP contribution >= 0.6 is 0 Å². The van der Waals surface area contributed by atoms with E-state index in [0.29, 0.717) is 11.6 Å². The van der Waals surface area contributed by atoms with Gasteiger partial charge < -0.3 is 15.8 Å². The molecule has 0 bridgehead atoms. The van der Waals surface area contributed by atoms with Gasteiger partial charge in [0.2, 0.25) is 5.95 Å². The lowest BCUT2D eigenvalue weighted by molar-refractivity contribution is 0.152. The monoisotopic (exact) mass is 367 g/mol. The van der Waals surface area contributed by atoms with Gasteiger partial charge in [-0.25, -0.2) is 14.4 Å². The summed E-state index contributed by atoms with van der Waals surface area (Å²) in [5.41, 5.74) is 8.65. The van der Waals surface area contributed by atoms with Crippen LogP contribution in [0.1, 0.15) is 31.4 Å². The minimum Gasteiger partial charge on any atom is -0.490 e. The Balaban J connectivity index is 1.41. The summed E-state index contributed by atoms with van der Waals surface area (Å²) in [4.78, 5) is 12.5. The maximum atomic E-state index is 12.9. The van der Waals surface area contributed by atoms with Gasteiger partial charge in [0.05, 0.1) is 29.4 Å². The first-order valence-electron chi connectivity index (χ1n) is 9.15. The summed E-state index contributed by atoms with van der Waals surface area (Å²) in [5.74, 6) is 0.816. The number of benzene rings is 1. The number of hydrogen-bond donors (Lipinski definition) is 2. The molecule has 1 saturated carbocycles. The Labute approximate surface area is 157 Å². The standard InChI is InChI=1S/C20H22FN5O/c1-12-9-16(22)19-17(25-12)3-2-4-18(19)27-15-7-5-14(6-8-15)26-20-23-10-13(21)11-24-20/h2-4,9-11,14-15H,5-8H2,1H3,(H2,22,25)(H,23,24,26). The van der Waals surface area contributed by atoms with E-state index in [4.69, 9.17) is 10.5 Å². The van der Waals surface area contributed by atoms with E-state index in [0.717, 1.165) is 48.0 Å². The number of aromatic nitrogens is 3. The molecule has 7 heteroatoms. The van der Waals surface area contributed by atoms with Crippen molar-refractivity contribution in [2.24, 2.45) is 0 Å². The minimum atomic E-state index is -0.434. The number of ether oxygens (including phenoxy) is 1. The Bertz CT molecular complexity index is 939. The Hall–Kier alpha value is -2.96. The van der Waals surface area contributed by atoms with Gasteiger partial charge in [-0.15, -0.1) is 0 Å². The molecule has 0 aliphatic heterocycles. The second-order valence-electron chi connectivity index (χ2n) is 6.96. The summed E-state index contributed by atoms with van der Waals surface area (Å²) < 4.78 is 19.2. The Kier molecular flexibility index (Phi) is 4.75. The highest BCUT2D eigenvalue weighted by molar-refractivity contribution is 5.95. The molecule has 6 nitrogen and oxygen atoms in total. The number of nitrogen functional groups attached to an aromatic ring is 1. The molecule has 3 aromatic rings. The van der Waals surface area contributed by atoms with Crippen LogP contribution in [-0.2, 0) is 0 Å². The summed E-state index contributed by atoms with van der Waals surface area (Å²) in [6, 6.07) is 7.99. The Morgan fingerprint density at radius 3 is 2.63 bits per heavy atom. The van der Waals surface area contributed by atoms with Crippen LogP contribution in [0, 0.1) is 12.7 Å². The summed E-state index contributed by atoms with van der Waals surface area (Å²) in [7, 11) is 0. The molecule has 1 aliphatic carbocycles. The average Bonchev–Trinajstić information content (AvgIpc) is 2.65. The number of aryl methyl sites for hydroxylation is 1. The number of pyridine rings is 1. The van der Waals surface area contributed by atoms with Gasteiger partial charge in [-0.2, -0.15) is 0 Å². The first kappa shape index (κ1) is 17.5. The van der Waals surface area contributed by atoms with Crippen LogP contribution in [0.25, 0.3) is 10.9 Å². The van der Waals surface area contributed by atoms with E-state index in [-0.39, 0.29) is 12.1 Å². The van der Waals surface area contributed by atoms with Crippen LogP contribution < -0.4 is 15.8 Å². The number of rotatable bonds is 4. The van der Waals surface area contributed by atoms with Crippen molar-refractivity contribution in [3.05, 3.63) is 48.2 Å². The third kappa shape index (κ3) is 3.92. The summed E-state index contributed by atoms with van der Waals surface area (Å²) in [6.45, 7) is 1.93. The lowest BCUT2D eigenvalue weighted by Gasteiger charge is -2.30. The van der Waals surface area contributed by atoms with E-state index in [1.807, 2.05) is 31.2 Å². The molecule has 0 spiro atoms. The number of nitrogens with zero attached hydrogens (tertiary/aromatic N) is 3. The molecule has 3 N–H and O–H groups in total. The highest BCUT2D eigenvalue weighted by Crippen LogP contribution is 2.33. The fourth-order valence-electron chi connectivity index (χ4n) is 3.59. The molecular weight excluding hydrogens is 345 g/mol. The van der Waals surface area contributed by atoms with Crippen molar-refractivity contribution >= 4 is 22.5 Å². The third-order valence-electron chi connectivity index (χ3n) is 4.88. The number of hydrogen-bond acceptors (Lipinski definition) is 6. The predicted octanol–water partition coefficient (Wildman–Crippen LogP) is 3.86. The van der Waals surface area contributed by atoms with Crippen LogP contribution in [-0.4, -0.2) is 27.1 Å². The van der Waals surface area contributed by atoms with Gasteiger partial charge in [0, 0.05) is 17.4 Å². The molecule has 0 unspecified atom stereocenters. The van der Waals surface area contributed by atoms with E-state index < -0.39 is 5.82 Å². The SMILES string of the molecule is Cc1cc(N)c2c(OC3CCC(Nc4ncc(F)cn4)CC3)cccc2n1. The second kappa shape index (κ2) is 7.34. The molecule has 0 atom stereocenters. The van der Waals surface area contributed by atoms with Crippen LogP contribution in [0.15, 0.2) is 36.7 Å². The quantitative estimate of drug-likeness (QED) is 0.728.